The molecule has 2 aromatic heterocycles. The second-order valence-corrected chi connectivity index (χ2v) is 4.10. The summed E-state index contributed by atoms with van der Waals surface area (Å²) in [6.07, 6.45) is 1.66. The van der Waals surface area contributed by atoms with Crippen molar-refractivity contribution in [3.8, 4) is 23.0 Å². The third kappa shape index (κ3) is 2.22. The second kappa shape index (κ2) is 4.61. The Morgan fingerprint density at radius 2 is 2.05 bits per heavy atom. The van der Waals surface area contributed by atoms with Crippen LogP contribution in [-0.2, 0) is 0 Å². The Kier molecular flexibility index (Phi) is 2.79. The van der Waals surface area contributed by atoms with E-state index in [1.165, 1.54) is 6.07 Å². The van der Waals surface area contributed by atoms with Gasteiger partial charge < -0.3 is 4.52 Å². The minimum Gasteiger partial charge on any atom is -0.334 e. The summed E-state index contributed by atoms with van der Waals surface area (Å²) in [5.74, 6) is 0.509. The summed E-state index contributed by atoms with van der Waals surface area (Å²) >= 11 is 0. The minimum absolute atomic E-state index is 0.256. The SMILES string of the molecule is Cc1cc(-c2nc(-c3ccccn3)no2)ccc1F. The number of nitrogens with zero attached hydrogens (tertiary/aromatic N) is 3. The quantitative estimate of drug-likeness (QED) is 0.705. The van der Waals surface area contributed by atoms with E-state index in [4.69, 9.17) is 4.52 Å². The molecule has 0 aliphatic carbocycles. The molecule has 0 aliphatic heterocycles. The fourth-order valence-electron chi connectivity index (χ4n) is 1.72. The number of pyridine rings is 1. The Labute approximate surface area is 108 Å². The van der Waals surface area contributed by atoms with Gasteiger partial charge in [0.05, 0.1) is 0 Å². The van der Waals surface area contributed by atoms with E-state index in [0.29, 0.717) is 28.5 Å². The van der Waals surface area contributed by atoms with Crippen molar-refractivity contribution >= 4 is 0 Å². The van der Waals surface area contributed by atoms with E-state index in [0.717, 1.165) is 0 Å². The molecule has 94 valence electrons. The fourth-order valence-corrected chi connectivity index (χ4v) is 1.72. The van der Waals surface area contributed by atoms with Crippen molar-refractivity contribution in [1.82, 2.24) is 15.1 Å². The summed E-state index contributed by atoms with van der Waals surface area (Å²) in [5.41, 5.74) is 1.86. The Balaban J connectivity index is 1.99. The van der Waals surface area contributed by atoms with Crippen molar-refractivity contribution in [3.05, 3.63) is 54.0 Å². The molecule has 0 saturated heterocycles. The Morgan fingerprint density at radius 1 is 1.16 bits per heavy atom. The van der Waals surface area contributed by atoms with Gasteiger partial charge in [0.2, 0.25) is 5.82 Å². The lowest BCUT2D eigenvalue weighted by Crippen LogP contribution is -1.86. The molecule has 4 nitrogen and oxygen atoms in total. The predicted molar refractivity (Wildman–Crippen MR) is 67.7 cm³/mol. The van der Waals surface area contributed by atoms with E-state index in [1.807, 2.05) is 12.1 Å². The van der Waals surface area contributed by atoms with Gasteiger partial charge in [0.15, 0.2) is 0 Å². The maximum atomic E-state index is 13.2. The number of rotatable bonds is 2. The van der Waals surface area contributed by atoms with Gasteiger partial charge in [-0.15, -0.1) is 0 Å². The highest BCUT2D eigenvalue weighted by Gasteiger charge is 2.12. The molecule has 0 saturated carbocycles. The van der Waals surface area contributed by atoms with Crippen LogP contribution in [0.5, 0.6) is 0 Å². The Morgan fingerprint density at radius 3 is 2.79 bits per heavy atom. The van der Waals surface area contributed by atoms with E-state index >= 15 is 0 Å². The van der Waals surface area contributed by atoms with Gasteiger partial charge in [-0.05, 0) is 42.8 Å². The molecule has 0 fully saturated rings. The summed E-state index contributed by atoms with van der Waals surface area (Å²) in [4.78, 5) is 8.40. The minimum atomic E-state index is -0.256. The number of aromatic nitrogens is 3. The first kappa shape index (κ1) is 11.5. The highest BCUT2D eigenvalue weighted by Crippen LogP contribution is 2.22. The molecule has 0 atom stereocenters. The summed E-state index contributed by atoms with van der Waals surface area (Å²) in [6.45, 7) is 1.69. The fraction of sp³-hybridized carbons (Fsp3) is 0.0714. The van der Waals surface area contributed by atoms with E-state index in [9.17, 15) is 4.39 Å². The number of benzene rings is 1. The average molecular weight is 255 g/mol. The van der Waals surface area contributed by atoms with Crippen LogP contribution in [0, 0.1) is 12.7 Å². The lowest BCUT2D eigenvalue weighted by molar-refractivity contribution is 0.432. The topological polar surface area (TPSA) is 51.8 Å². The summed E-state index contributed by atoms with van der Waals surface area (Å²) in [7, 11) is 0. The van der Waals surface area contributed by atoms with E-state index < -0.39 is 0 Å². The van der Waals surface area contributed by atoms with Gasteiger partial charge in [-0.25, -0.2) is 4.39 Å². The highest BCUT2D eigenvalue weighted by molar-refractivity contribution is 5.58. The van der Waals surface area contributed by atoms with Crippen LogP contribution in [0.4, 0.5) is 4.39 Å². The van der Waals surface area contributed by atoms with Crippen LogP contribution in [0.3, 0.4) is 0 Å². The normalized spacial score (nSPS) is 10.6. The Bertz CT molecular complexity index is 710. The first-order valence-electron chi connectivity index (χ1n) is 5.76. The molecule has 19 heavy (non-hydrogen) atoms. The van der Waals surface area contributed by atoms with Crippen LogP contribution >= 0.6 is 0 Å². The van der Waals surface area contributed by atoms with Crippen molar-refractivity contribution in [2.75, 3.05) is 0 Å². The van der Waals surface area contributed by atoms with Crippen LogP contribution in [0.25, 0.3) is 23.0 Å². The molecule has 5 heteroatoms. The molecular formula is C14H10FN3O. The monoisotopic (exact) mass is 255 g/mol. The van der Waals surface area contributed by atoms with Crippen molar-refractivity contribution < 1.29 is 8.91 Å². The van der Waals surface area contributed by atoms with Gasteiger partial charge in [-0.2, -0.15) is 4.98 Å². The lowest BCUT2D eigenvalue weighted by atomic mass is 10.1. The molecule has 2 heterocycles. The predicted octanol–water partition coefficient (Wildman–Crippen LogP) is 3.25. The standard InChI is InChI=1S/C14H10FN3O/c1-9-8-10(5-6-11(9)15)14-17-13(18-19-14)12-4-2-3-7-16-12/h2-8H,1H3. The van der Waals surface area contributed by atoms with Gasteiger partial charge >= 0.3 is 0 Å². The summed E-state index contributed by atoms with van der Waals surface area (Å²) in [6, 6.07) is 10.1. The zero-order valence-electron chi connectivity index (χ0n) is 10.2. The van der Waals surface area contributed by atoms with E-state index in [-0.39, 0.29) is 5.82 Å². The van der Waals surface area contributed by atoms with Crippen molar-refractivity contribution in [3.63, 3.8) is 0 Å². The average Bonchev–Trinajstić information content (AvgIpc) is 2.93. The Hall–Kier alpha value is -2.56. The smallest absolute Gasteiger partial charge is 0.258 e. The van der Waals surface area contributed by atoms with Crippen LogP contribution in [0.2, 0.25) is 0 Å². The largest absolute Gasteiger partial charge is 0.334 e. The lowest BCUT2D eigenvalue weighted by Gasteiger charge is -1.97. The van der Waals surface area contributed by atoms with Gasteiger partial charge in [-0.3, -0.25) is 4.98 Å². The molecule has 0 unspecified atom stereocenters. The second-order valence-electron chi connectivity index (χ2n) is 4.10. The van der Waals surface area contributed by atoms with Crippen LogP contribution < -0.4 is 0 Å². The third-order valence-corrected chi connectivity index (χ3v) is 2.72. The van der Waals surface area contributed by atoms with Crippen LogP contribution in [0.15, 0.2) is 47.1 Å². The molecule has 3 aromatic rings. The molecule has 0 aliphatic rings. The number of aryl methyl sites for hydroxylation is 1. The first-order chi connectivity index (χ1) is 9.24. The maximum absolute atomic E-state index is 13.2. The molecule has 0 amide bonds. The van der Waals surface area contributed by atoms with Crippen LogP contribution in [0.1, 0.15) is 5.56 Å². The van der Waals surface area contributed by atoms with Crippen molar-refractivity contribution in [2.24, 2.45) is 0 Å². The number of halogens is 1. The molecule has 1 aromatic carbocycles. The molecular weight excluding hydrogens is 245 g/mol. The molecule has 0 radical (unpaired) electrons. The zero-order chi connectivity index (χ0) is 13.2. The zero-order valence-corrected chi connectivity index (χ0v) is 10.2. The van der Waals surface area contributed by atoms with Gasteiger partial charge in [0.1, 0.15) is 11.5 Å². The van der Waals surface area contributed by atoms with E-state index in [2.05, 4.69) is 15.1 Å². The molecule has 0 N–H and O–H groups in total. The molecule has 0 bridgehead atoms. The molecule has 3 rings (SSSR count). The number of hydrogen-bond donors (Lipinski definition) is 0. The van der Waals surface area contributed by atoms with E-state index in [1.54, 1.807) is 31.3 Å². The third-order valence-electron chi connectivity index (χ3n) is 2.72. The van der Waals surface area contributed by atoms with Gasteiger partial charge in [0, 0.05) is 11.8 Å². The number of hydrogen-bond acceptors (Lipinski definition) is 4. The van der Waals surface area contributed by atoms with Gasteiger partial charge in [0.25, 0.3) is 5.89 Å². The highest BCUT2D eigenvalue weighted by atomic mass is 19.1. The summed E-state index contributed by atoms with van der Waals surface area (Å²) in [5, 5.41) is 3.87. The molecule has 0 spiro atoms. The van der Waals surface area contributed by atoms with Crippen molar-refractivity contribution in [1.29, 1.82) is 0 Å². The van der Waals surface area contributed by atoms with Crippen molar-refractivity contribution in [2.45, 2.75) is 6.92 Å². The summed E-state index contributed by atoms with van der Waals surface area (Å²) < 4.78 is 18.4. The van der Waals surface area contributed by atoms with Crippen LogP contribution in [-0.4, -0.2) is 15.1 Å². The maximum Gasteiger partial charge on any atom is 0.258 e. The van der Waals surface area contributed by atoms with Gasteiger partial charge in [-0.1, -0.05) is 11.2 Å². The first-order valence-corrected chi connectivity index (χ1v) is 5.76.